The smallest absolute Gasteiger partial charge is 0.224 e. The van der Waals surface area contributed by atoms with Gasteiger partial charge in [-0.05, 0) is 36.5 Å². The molecule has 7 nitrogen and oxygen atoms in total. The molecule has 1 aromatic carbocycles. The summed E-state index contributed by atoms with van der Waals surface area (Å²) in [6.07, 6.45) is 7.94. The zero-order chi connectivity index (χ0) is 21.8. The molecule has 0 radical (unpaired) electrons. The van der Waals surface area contributed by atoms with Crippen LogP contribution in [0, 0.1) is 0 Å². The minimum atomic E-state index is 0.254. The van der Waals surface area contributed by atoms with Crippen LogP contribution in [0.1, 0.15) is 36.8 Å². The zero-order valence-electron chi connectivity index (χ0n) is 19.0. The van der Waals surface area contributed by atoms with E-state index in [0.29, 0.717) is 12.1 Å². The monoisotopic (exact) mass is 436 g/mol. The zero-order valence-corrected chi connectivity index (χ0v) is 19.0. The number of benzene rings is 1. The van der Waals surface area contributed by atoms with Crippen molar-refractivity contribution in [1.82, 2.24) is 19.8 Å². The molecule has 0 unspecified atom stereocenters. The van der Waals surface area contributed by atoms with E-state index in [2.05, 4.69) is 49.3 Å². The fraction of sp³-hybridized carbons (Fsp3) is 0.600. The van der Waals surface area contributed by atoms with Gasteiger partial charge in [0, 0.05) is 64.1 Å². The lowest BCUT2D eigenvalue weighted by molar-refractivity contribution is 0.0646. The first-order chi connectivity index (χ1) is 15.8. The maximum atomic E-state index is 9.22. The average Bonchev–Trinajstić information content (AvgIpc) is 2.85. The quantitative estimate of drug-likeness (QED) is 0.721. The fourth-order valence-corrected chi connectivity index (χ4v) is 5.63. The number of aliphatic hydroxyl groups excluding tert-OH is 1. The highest BCUT2D eigenvalue weighted by atomic mass is 16.3. The van der Waals surface area contributed by atoms with Crippen molar-refractivity contribution < 1.29 is 5.11 Å². The van der Waals surface area contributed by atoms with E-state index in [1.807, 2.05) is 12.3 Å². The van der Waals surface area contributed by atoms with Crippen LogP contribution >= 0.6 is 0 Å². The Kier molecular flexibility index (Phi) is 6.86. The van der Waals surface area contributed by atoms with E-state index >= 15 is 0 Å². The SMILES string of the molecule is OCCN1CCN([C@H]2CCCC[C@H]2Nc2nccc(N3CCc4ccccc4C3)n2)CC1. The second kappa shape index (κ2) is 10.1. The predicted molar refractivity (Wildman–Crippen MR) is 128 cm³/mol. The van der Waals surface area contributed by atoms with E-state index < -0.39 is 0 Å². The molecule has 2 aliphatic heterocycles. The van der Waals surface area contributed by atoms with Gasteiger partial charge in [-0.15, -0.1) is 0 Å². The number of rotatable bonds is 6. The Bertz CT molecular complexity index is 884. The summed E-state index contributed by atoms with van der Waals surface area (Å²) in [4.78, 5) is 16.9. The summed E-state index contributed by atoms with van der Waals surface area (Å²) < 4.78 is 0. The summed E-state index contributed by atoms with van der Waals surface area (Å²) in [5.41, 5.74) is 2.86. The molecule has 1 saturated heterocycles. The van der Waals surface area contributed by atoms with Crippen molar-refractivity contribution in [3.05, 3.63) is 47.7 Å². The van der Waals surface area contributed by atoms with E-state index in [9.17, 15) is 5.11 Å². The van der Waals surface area contributed by atoms with Gasteiger partial charge >= 0.3 is 0 Å². The molecule has 0 bridgehead atoms. The number of piperazine rings is 1. The predicted octanol–water partition coefficient (Wildman–Crippen LogP) is 2.37. The van der Waals surface area contributed by atoms with Crippen LogP contribution in [0.3, 0.4) is 0 Å². The molecular formula is C25H36N6O. The van der Waals surface area contributed by atoms with Crippen LogP contribution in [0.2, 0.25) is 0 Å². The van der Waals surface area contributed by atoms with Gasteiger partial charge in [0.15, 0.2) is 0 Å². The third-order valence-corrected chi connectivity index (χ3v) is 7.43. The van der Waals surface area contributed by atoms with Crippen LogP contribution in [-0.2, 0) is 13.0 Å². The normalized spacial score (nSPS) is 24.8. The third kappa shape index (κ3) is 4.90. The van der Waals surface area contributed by atoms with Crippen molar-refractivity contribution in [2.75, 3.05) is 56.1 Å². The first kappa shape index (κ1) is 21.6. The molecule has 172 valence electrons. The molecule has 2 atom stereocenters. The van der Waals surface area contributed by atoms with Gasteiger partial charge in [-0.25, -0.2) is 4.98 Å². The highest BCUT2D eigenvalue weighted by molar-refractivity contribution is 5.46. The second-order valence-corrected chi connectivity index (χ2v) is 9.38. The Morgan fingerprint density at radius 2 is 1.78 bits per heavy atom. The molecular weight excluding hydrogens is 400 g/mol. The highest BCUT2D eigenvalue weighted by Gasteiger charge is 2.32. The van der Waals surface area contributed by atoms with Crippen molar-refractivity contribution in [3.8, 4) is 0 Å². The average molecular weight is 437 g/mol. The van der Waals surface area contributed by atoms with Gasteiger partial charge < -0.3 is 15.3 Å². The first-order valence-corrected chi connectivity index (χ1v) is 12.3. The van der Waals surface area contributed by atoms with Gasteiger partial charge in [-0.1, -0.05) is 37.1 Å². The summed E-state index contributed by atoms with van der Waals surface area (Å²) in [6, 6.07) is 11.7. The maximum Gasteiger partial charge on any atom is 0.224 e. The molecule has 1 saturated carbocycles. The van der Waals surface area contributed by atoms with Crippen LogP contribution < -0.4 is 10.2 Å². The number of anilines is 2. The summed E-state index contributed by atoms with van der Waals surface area (Å²) in [5.74, 6) is 1.78. The van der Waals surface area contributed by atoms with E-state index in [1.165, 1.54) is 36.8 Å². The third-order valence-electron chi connectivity index (χ3n) is 7.43. The van der Waals surface area contributed by atoms with Gasteiger partial charge in [0.2, 0.25) is 5.95 Å². The van der Waals surface area contributed by atoms with E-state index in [-0.39, 0.29) is 6.61 Å². The maximum absolute atomic E-state index is 9.22. The molecule has 3 heterocycles. The Morgan fingerprint density at radius 1 is 0.969 bits per heavy atom. The number of aliphatic hydroxyl groups is 1. The van der Waals surface area contributed by atoms with E-state index in [1.54, 1.807) is 0 Å². The minimum Gasteiger partial charge on any atom is -0.395 e. The largest absolute Gasteiger partial charge is 0.395 e. The van der Waals surface area contributed by atoms with Crippen LogP contribution in [0.25, 0.3) is 0 Å². The number of fused-ring (bicyclic) bond motifs is 1. The Hall–Kier alpha value is -2.22. The van der Waals surface area contributed by atoms with Crippen molar-refractivity contribution >= 4 is 11.8 Å². The highest BCUT2D eigenvalue weighted by Crippen LogP contribution is 2.28. The van der Waals surface area contributed by atoms with Crippen LogP contribution in [0.15, 0.2) is 36.5 Å². The molecule has 32 heavy (non-hydrogen) atoms. The van der Waals surface area contributed by atoms with Gasteiger partial charge in [0.05, 0.1) is 6.61 Å². The Labute approximate surface area is 191 Å². The summed E-state index contributed by atoms with van der Waals surface area (Å²) in [7, 11) is 0. The lowest BCUT2D eigenvalue weighted by Gasteiger charge is -2.44. The van der Waals surface area contributed by atoms with Crippen LogP contribution in [0.4, 0.5) is 11.8 Å². The summed E-state index contributed by atoms with van der Waals surface area (Å²) in [5, 5.41) is 12.9. The van der Waals surface area contributed by atoms with Crippen molar-refractivity contribution in [1.29, 1.82) is 0 Å². The summed E-state index contributed by atoms with van der Waals surface area (Å²) in [6.45, 7) is 7.21. The lowest BCUT2D eigenvalue weighted by Crippen LogP contribution is -2.56. The number of nitrogens with one attached hydrogen (secondary N) is 1. The Morgan fingerprint density at radius 3 is 2.62 bits per heavy atom. The van der Waals surface area contributed by atoms with Crippen LogP contribution in [-0.4, -0.2) is 82.8 Å². The second-order valence-electron chi connectivity index (χ2n) is 9.38. The van der Waals surface area contributed by atoms with Crippen molar-refractivity contribution in [3.63, 3.8) is 0 Å². The lowest BCUT2D eigenvalue weighted by atomic mass is 9.88. The van der Waals surface area contributed by atoms with Crippen molar-refractivity contribution in [2.45, 2.75) is 50.7 Å². The number of aromatic nitrogens is 2. The number of nitrogens with zero attached hydrogens (tertiary/aromatic N) is 5. The van der Waals surface area contributed by atoms with Gasteiger partial charge in [-0.3, -0.25) is 9.80 Å². The standard InChI is InChI=1S/C25H36N6O/c32-18-17-29-13-15-30(16-14-29)23-8-4-3-7-22(23)27-25-26-11-9-24(28-25)31-12-10-20-5-1-2-6-21(20)19-31/h1-2,5-6,9,11,22-23,32H,3-4,7-8,10,12-19H2,(H,26,27,28)/t22-,23+/m1/s1. The topological polar surface area (TPSA) is 67.8 Å². The number of hydrogen-bond acceptors (Lipinski definition) is 7. The Balaban J connectivity index is 1.24. The molecule has 0 amide bonds. The van der Waals surface area contributed by atoms with E-state index in [4.69, 9.17) is 4.98 Å². The molecule has 2 fully saturated rings. The molecule has 3 aliphatic rings. The van der Waals surface area contributed by atoms with Crippen molar-refractivity contribution in [2.24, 2.45) is 0 Å². The fourth-order valence-electron chi connectivity index (χ4n) is 5.63. The molecule has 1 aromatic heterocycles. The molecule has 2 aromatic rings. The van der Waals surface area contributed by atoms with Gasteiger partial charge in [-0.2, -0.15) is 4.98 Å². The number of β-amino-alcohol motifs (C(OH)–C–C–N with tert-alkyl or cyclic N) is 1. The molecule has 7 heteroatoms. The first-order valence-electron chi connectivity index (χ1n) is 12.3. The van der Waals surface area contributed by atoms with Crippen LogP contribution in [0.5, 0.6) is 0 Å². The van der Waals surface area contributed by atoms with E-state index in [0.717, 1.165) is 64.0 Å². The van der Waals surface area contributed by atoms with Gasteiger partial charge in [0.25, 0.3) is 0 Å². The molecule has 0 spiro atoms. The number of hydrogen-bond donors (Lipinski definition) is 2. The molecule has 1 aliphatic carbocycles. The minimum absolute atomic E-state index is 0.254. The molecule has 5 rings (SSSR count). The molecule has 2 N–H and O–H groups in total. The summed E-state index contributed by atoms with van der Waals surface area (Å²) >= 11 is 0. The van der Waals surface area contributed by atoms with Gasteiger partial charge in [0.1, 0.15) is 5.82 Å².